The van der Waals surface area contributed by atoms with Crippen LogP contribution in [0.25, 0.3) is 11.1 Å². The van der Waals surface area contributed by atoms with Gasteiger partial charge < -0.3 is 10.5 Å². The molecule has 0 aromatic heterocycles. The molecule has 0 aliphatic carbocycles. The Morgan fingerprint density at radius 1 is 1.23 bits per heavy atom. The molecule has 0 saturated carbocycles. The maximum Gasteiger partial charge on any atom is 0.154 e. The van der Waals surface area contributed by atoms with Crippen LogP contribution in [0.15, 0.2) is 53.5 Å². The number of nitrogens with two attached hydrogens (primary N) is 1. The Balaban J connectivity index is 0.00000243. The van der Waals surface area contributed by atoms with Crippen LogP contribution in [0.3, 0.4) is 0 Å². The Morgan fingerprint density at radius 2 is 2.00 bits per heavy atom. The maximum absolute atomic E-state index is 9.22. The van der Waals surface area contributed by atoms with Crippen molar-refractivity contribution in [1.29, 1.82) is 5.26 Å². The van der Waals surface area contributed by atoms with Crippen molar-refractivity contribution in [3.8, 4) is 17.2 Å². The van der Waals surface area contributed by atoms with Crippen LogP contribution < -0.4 is 5.73 Å². The van der Waals surface area contributed by atoms with E-state index in [1.54, 1.807) is 11.8 Å². The molecule has 0 bridgehead atoms. The number of nitriles is 1. The molecule has 26 heavy (non-hydrogen) atoms. The quantitative estimate of drug-likeness (QED) is 0.610. The van der Waals surface area contributed by atoms with Crippen molar-refractivity contribution in [1.82, 2.24) is 0 Å². The van der Waals surface area contributed by atoms with Gasteiger partial charge in [-0.1, -0.05) is 54.2 Å². The van der Waals surface area contributed by atoms with E-state index in [2.05, 4.69) is 23.2 Å². The highest BCUT2D eigenvalue weighted by Gasteiger charge is 2.14. The Labute approximate surface area is 164 Å². The van der Waals surface area contributed by atoms with Gasteiger partial charge >= 0.3 is 0 Å². The monoisotopic (exact) mass is 387 g/mol. The second-order valence-corrected chi connectivity index (χ2v) is 6.95. The molecule has 2 aromatic carbocycles. The van der Waals surface area contributed by atoms with Gasteiger partial charge in [-0.15, -0.1) is 12.4 Å². The molecular formula is C20H22ClN3OS. The number of amidine groups is 1. The number of thioether (sulfide) groups is 1. The summed E-state index contributed by atoms with van der Waals surface area (Å²) in [4.78, 5) is 4.41. The lowest BCUT2D eigenvalue weighted by Gasteiger charge is -2.07. The summed E-state index contributed by atoms with van der Waals surface area (Å²) in [7, 11) is 0. The number of rotatable bonds is 5. The third kappa shape index (κ3) is 5.50. The molecule has 1 atom stereocenters. The smallest absolute Gasteiger partial charge is 0.154 e. The largest absolute Gasteiger partial charge is 0.379 e. The van der Waals surface area contributed by atoms with Gasteiger partial charge in [0.25, 0.3) is 0 Å². The standard InChI is InChI=1S/C20H21N3OS.ClH/c21-12-17-4-1-2-6-19(17)16-9-7-15(8-10-16)14-25-20(22)23-13-18-5-3-11-24-18;/h1-2,4,6-10,18H,3,5,11,13-14H2,(H2,22,23);1H. The van der Waals surface area contributed by atoms with Gasteiger partial charge in [0.1, 0.15) is 0 Å². The average molecular weight is 388 g/mol. The Morgan fingerprint density at radius 3 is 2.69 bits per heavy atom. The summed E-state index contributed by atoms with van der Waals surface area (Å²) in [5.74, 6) is 0.779. The van der Waals surface area contributed by atoms with Gasteiger partial charge in [-0.05, 0) is 35.6 Å². The molecular weight excluding hydrogens is 366 g/mol. The lowest BCUT2D eigenvalue weighted by Crippen LogP contribution is -2.14. The van der Waals surface area contributed by atoms with Crippen LogP contribution in [0.4, 0.5) is 0 Å². The summed E-state index contributed by atoms with van der Waals surface area (Å²) >= 11 is 1.54. The molecule has 1 saturated heterocycles. The van der Waals surface area contributed by atoms with Gasteiger partial charge in [0.05, 0.1) is 24.3 Å². The predicted molar refractivity (Wildman–Crippen MR) is 111 cm³/mol. The molecule has 1 heterocycles. The van der Waals surface area contributed by atoms with Crippen molar-refractivity contribution in [2.24, 2.45) is 10.7 Å². The summed E-state index contributed by atoms with van der Waals surface area (Å²) in [6.07, 6.45) is 2.43. The second-order valence-electron chi connectivity index (χ2n) is 5.96. The van der Waals surface area contributed by atoms with Crippen LogP contribution in [-0.4, -0.2) is 24.4 Å². The molecule has 1 aliphatic rings. The van der Waals surface area contributed by atoms with E-state index in [0.29, 0.717) is 17.3 Å². The van der Waals surface area contributed by atoms with Crippen molar-refractivity contribution >= 4 is 29.3 Å². The molecule has 6 heteroatoms. The van der Waals surface area contributed by atoms with Gasteiger partial charge in [-0.3, -0.25) is 4.99 Å². The number of hydrogen-bond donors (Lipinski definition) is 1. The Hall–Kier alpha value is -2.00. The predicted octanol–water partition coefficient (Wildman–Crippen LogP) is 4.37. The molecule has 0 spiro atoms. The van der Waals surface area contributed by atoms with Crippen LogP contribution >= 0.6 is 24.2 Å². The zero-order valence-corrected chi connectivity index (χ0v) is 16.1. The lowest BCUT2D eigenvalue weighted by molar-refractivity contribution is 0.118. The summed E-state index contributed by atoms with van der Waals surface area (Å²) < 4.78 is 5.55. The zero-order valence-electron chi connectivity index (χ0n) is 14.4. The highest BCUT2D eigenvalue weighted by molar-refractivity contribution is 8.13. The first-order valence-electron chi connectivity index (χ1n) is 8.39. The first-order valence-corrected chi connectivity index (χ1v) is 9.37. The SMILES string of the molecule is Cl.N#Cc1ccccc1-c1ccc(CSC(N)=NCC2CCCO2)cc1. The number of halogens is 1. The van der Waals surface area contributed by atoms with Gasteiger partial charge in [-0.2, -0.15) is 5.26 Å². The summed E-state index contributed by atoms with van der Waals surface area (Å²) in [5.41, 5.74) is 9.86. The highest BCUT2D eigenvalue weighted by atomic mass is 35.5. The lowest BCUT2D eigenvalue weighted by atomic mass is 10.00. The van der Waals surface area contributed by atoms with Crippen molar-refractivity contribution in [3.63, 3.8) is 0 Å². The first-order chi connectivity index (χ1) is 12.3. The Bertz CT molecular complexity index is 780. The minimum absolute atomic E-state index is 0. The van der Waals surface area contributed by atoms with Crippen molar-refractivity contribution < 1.29 is 4.74 Å². The Kier molecular flexibility index (Phi) is 7.99. The van der Waals surface area contributed by atoms with Gasteiger partial charge in [0, 0.05) is 12.4 Å². The third-order valence-electron chi connectivity index (χ3n) is 4.17. The molecule has 2 aromatic rings. The minimum atomic E-state index is 0. The highest BCUT2D eigenvalue weighted by Crippen LogP contribution is 2.24. The van der Waals surface area contributed by atoms with Crippen molar-refractivity contribution in [2.75, 3.05) is 13.2 Å². The molecule has 1 aliphatic heterocycles. The van der Waals surface area contributed by atoms with Gasteiger partial charge in [-0.25, -0.2) is 0 Å². The maximum atomic E-state index is 9.22. The molecule has 0 amide bonds. The van der Waals surface area contributed by atoms with Gasteiger partial charge in [0.2, 0.25) is 0 Å². The fourth-order valence-corrected chi connectivity index (χ4v) is 3.47. The average Bonchev–Trinajstić information content (AvgIpc) is 3.19. The fraction of sp³-hybridized carbons (Fsp3) is 0.300. The normalized spacial score (nSPS) is 16.7. The van der Waals surface area contributed by atoms with Crippen LogP contribution in [0.1, 0.15) is 24.0 Å². The van der Waals surface area contributed by atoms with E-state index in [-0.39, 0.29) is 18.5 Å². The number of nitrogens with zero attached hydrogens (tertiary/aromatic N) is 2. The molecule has 2 N–H and O–H groups in total. The number of hydrogen-bond acceptors (Lipinski definition) is 4. The summed E-state index contributed by atoms with van der Waals surface area (Å²) in [5, 5.41) is 9.83. The summed E-state index contributed by atoms with van der Waals surface area (Å²) in [6.45, 7) is 1.50. The number of ether oxygens (including phenoxy) is 1. The van der Waals surface area contributed by atoms with E-state index in [1.165, 1.54) is 5.56 Å². The molecule has 4 nitrogen and oxygen atoms in total. The van der Waals surface area contributed by atoms with E-state index < -0.39 is 0 Å². The van der Waals surface area contributed by atoms with Crippen LogP contribution in [-0.2, 0) is 10.5 Å². The van der Waals surface area contributed by atoms with Crippen LogP contribution in [0.2, 0.25) is 0 Å². The zero-order chi connectivity index (χ0) is 17.5. The molecule has 1 fully saturated rings. The van der Waals surface area contributed by atoms with E-state index in [1.807, 2.05) is 36.4 Å². The fourth-order valence-electron chi connectivity index (χ4n) is 2.80. The van der Waals surface area contributed by atoms with E-state index in [4.69, 9.17) is 10.5 Å². The number of aliphatic imine (C=N–C) groups is 1. The first kappa shape index (κ1) is 20.3. The van der Waals surface area contributed by atoms with Gasteiger partial charge in [0.15, 0.2) is 5.17 Å². The van der Waals surface area contributed by atoms with Crippen molar-refractivity contribution in [2.45, 2.75) is 24.7 Å². The topological polar surface area (TPSA) is 71.4 Å². The van der Waals surface area contributed by atoms with E-state index in [0.717, 1.165) is 36.3 Å². The van der Waals surface area contributed by atoms with Crippen LogP contribution in [0.5, 0.6) is 0 Å². The second kappa shape index (κ2) is 10.2. The number of benzene rings is 2. The molecule has 1 unspecified atom stereocenters. The molecule has 136 valence electrons. The van der Waals surface area contributed by atoms with E-state index >= 15 is 0 Å². The third-order valence-corrected chi connectivity index (χ3v) is 5.08. The summed E-state index contributed by atoms with van der Waals surface area (Å²) in [6, 6.07) is 18.1. The molecule has 0 radical (unpaired) electrons. The minimum Gasteiger partial charge on any atom is -0.379 e. The van der Waals surface area contributed by atoms with E-state index in [9.17, 15) is 5.26 Å². The molecule has 3 rings (SSSR count). The van der Waals surface area contributed by atoms with Crippen molar-refractivity contribution in [3.05, 3.63) is 59.7 Å². The van der Waals surface area contributed by atoms with Crippen LogP contribution in [0, 0.1) is 11.3 Å².